The Morgan fingerprint density at radius 3 is 2.62 bits per heavy atom. The number of rotatable bonds is 6. The molecule has 0 bridgehead atoms. The minimum atomic E-state index is -3.56. The summed E-state index contributed by atoms with van der Waals surface area (Å²) in [6.45, 7) is 0.840. The van der Waals surface area contributed by atoms with Gasteiger partial charge in [-0.2, -0.15) is 5.10 Å². The van der Waals surface area contributed by atoms with Crippen molar-refractivity contribution in [2.45, 2.75) is 24.6 Å². The number of aromatic nitrogens is 2. The fraction of sp³-hybridized carbons (Fsp3) is 0.421. The Labute approximate surface area is 178 Å². The maximum atomic E-state index is 12.5. The van der Waals surface area contributed by atoms with E-state index in [1.54, 1.807) is 41.0 Å². The van der Waals surface area contributed by atoms with Crippen molar-refractivity contribution in [3.05, 3.63) is 52.3 Å². The molecule has 3 rings (SSSR count). The van der Waals surface area contributed by atoms with Crippen molar-refractivity contribution in [2.24, 2.45) is 7.05 Å². The third kappa shape index (κ3) is 6.14. The summed E-state index contributed by atoms with van der Waals surface area (Å²) in [7, 11) is -1.82. The molecule has 0 radical (unpaired) electrons. The zero-order chi connectivity index (χ0) is 21.0. The summed E-state index contributed by atoms with van der Waals surface area (Å²) >= 11 is 3.32. The molecule has 2 amide bonds. The number of benzene rings is 1. The molecule has 0 unspecified atom stereocenters. The average molecular weight is 483 g/mol. The zero-order valence-electron chi connectivity index (χ0n) is 16.0. The summed E-state index contributed by atoms with van der Waals surface area (Å²) in [5.41, 5.74) is 1.13. The van der Waals surface area contributed by atoms with Crippen LogP contribution in [0.15, 0.2) is 41.1 Å². The summed E-state index contributed by atoms with van der Waals surface area (Å²) in [6, 6.07) is 6.99. The first-order valence-electron chi connectivity index (χ1n) is 9.24. The van der Waals surface area contributed by atoms with Gasteiger partial charge < -0.3 is 10.2 Å². The summed E-state index contributed by atoms with van der Waals surface area (Å²) in [6.07, 6.45) is 4.32. The Balaban J connectivity index is 1.48. The van der Waals surface area contributed by atoms with Crippen LogP contribution in [0, 0.1) is 0 Å². The molecule has 10 heteroatoms. The second kappa shape index (κ2) is 9.08. The predicted molar refractivity (Wildman–Crippen MR) is 112 cm³/mol. The lowest BCUT2D eigenvalue weighted by atomic mass is 10.0. The van der Waals surface area contributed by atoms with Crippen LogP contribution in [-0.4, -0.2) is 59.8 Å². The smallest absolute Gasteiger partial charge is 0.254 e. The highest BCUT2D eigenvalue weighted by molar-refractivity contribution is 9.10. The third-order valence-corrected chi connectivity index (χ3v) is 6.72. The molecule has 1 N–H and O–H groups in total. The number of halogens is 1. The van der Waals surface area contributed by atoms with E-state index in [0.29, 0.717) is 37.1 Å². The first-order chi connectivity index (χ1) is 13.7. The van der Waals surface area contributed by atoms with Gasteiger partial charge in [0.1, 0.15) is 5.75 Å². The van der Waals surface area contributed by atoms with Gasteiger partial charge in [0.15, 0.2) is 9.84 Å². The molecule has 2 aromatic rings. The number of nitrogens with one attached hydrogen (secondary N) is 1. The van der Waals surface area contributed by atoms with Crippen molar-refractivity contribution in [2.75, 3.05) is 18.8 Å². The van der Waals surface area contributed by atoms with E-state index < -0.39 is 21.5 Å². The van der Waals surface area contributed by atoms with Crippen molar-refractivity contribution < 1.29 is 18.0 Å². The fourth-order valence-corrected chi connectivity index (χ4v) is 5.09. The summed E-state index contributed by atoms with van der Waals surface area (Å²) in [4.78, 5) is 26.2. The molecule has 1 aromatic carbocycles. The van der Waals surface area contributed by atoms with Gasteiger partial charge >= 0.3 is 0 Å². The lowest BCUT2D eigenvalue weighted by molar-refractivity contribution is -0.129. The molecule has 1 aliphatic heterocycles. The van der Waals surface area contributed by atoms with Crippen molar-refractivity contribution >= 4 is 37.6 Å². The molecule has 0 aliphatic carbocycles. The maximum absolute atomic E-state index is 12.5. The van der Waals surface area contributed by atoms with Gasteiger partial charge in [-0.25, -0.2) is 8.42 Å². The van der Waals surface area contributed by atoms with E-state index in [-0.39, 0.29) is 17.7 Å². The predicted octanol–water partition coefficient (Wildman–Crippen LogP) is 1.52. The highest BCUT2D eigenvalue weighted by atomic mass is 79.9. The highest BCUT2D eigenvalue weighted by Crippen LogP contribution is 2.16. The van der Waals surface area contributed by atoms with Crippen LogP contribution < -0.4 is 5.32 Å². The fourth-order valence-electron chi connectivity index (χ4n) is 3.29. The summed E-state index contributed by atoms with van der Waals surface area (Å²) in [5.74, 6) is -1.27. The Kier molecular flexibility index (Phi) is 6.74. The van der Waals surface area contributed by atoms with E-state index in [4.69, 9.17) is 0 Å². The largest absolute Gasteiger partial charge is 0.349 e. The Hall–Kier alpha value is -2.20. The Morgan fingerprint density at radius 1 is 1.28 bits per heavy atom. The number of hydrogen-bond donors (Lipinski definition) is 1. The molecule has 0 saturated carbocycles. The van der Waals surface area contributed by atoms with Crippen LogP contribution in [0.2, 0.25) is 0 Å². The normalized spacial score (nSPS) is 15.3. The Morgan fingerprint density at radius 2 is 2.00 bits per heavy atom. The standard InChI is InChI=1S/C19H23BrN4O4S/c1-23-11-15(10-21-23)19(26)22-17-5-7-24(8-6-17)18(25)13-29(27,28)12-14-3-2-4-16(20)9-14/h2-4,9-11,17H,5-8,12-13H2,1H3,(H,22,26). The molecule has 156 valence electrons. The number of carbonyl (C=O) groups is 2. The molecular weight excluding hydrogens is 460 g/mol. The van der Waals surface area contributed by atoms with Gasteiger partial charge in [-0.05, 0) is 30.5 Å². The van der Waals surface area contributed by atoms with Gasteiger partial charge in [-0.1, -0.05) is 28.1 Å². The van der Waals surface area contributed by atoms with Crippen molar-refractivity contribution in [3.8, 4) is 0 Å². The molecule has 8 nitrogen and oxygen atoms in total. The van der Waals surface area contributed by atoms with Crippen LogP contribution in [0.4, 0.5) is 0 Å². The number of carbonyl (C=O) groups excluding carboxylic acids is 2. The number of piperidine rings is 1. The highest BCUT2D eigenvalue weighted by Gasteiger charge is 2.27. The number of hydrogen-bond acceptors (Lipinski definition) is 5. The third-order valence-electron chi connectivity index (χ3n) is 4.77. The maximum Gasteiger partial charge on any atom is 0.254 e. The second-order valence-corrected chi connectivity index (χ2v) is 10.2. The first kappa shape index (κ1) is 21.5. The van der Waals surface area contributed by atoms with E-state index >= 15 is 0 Å². The van der Waals surface area contributed by atoms with E-state index in [1.165, 1.54) is 6.20 Å². The molecule has 1 saturated heterocycles. The van der Waals surface area contributed by atoms with Gasteiger partial charge in [-0.3, -0.25) is 14.3 Å². The zero-order valence-corrected chi connectivity index (χ0v) is 18.4. The van der Waals surface area contributed by atoms with Crippen LogP contribution in [0.1, 0.15) is 28.8 Å². The van der Waals surface area contributed by atoms with Gasteiger partial charge in [-0.15, -0.1) is 0 Å². The van der Waals surface area contributed by atoms with Gasteiger partial charge in [0, 0.05) is 36.8 Å². The van der Waals surface area contributed by atoms with Gasteiger partial charge in [0.2, 0.25) is 5.91 Å². The molecule has 0 atom stereocenters. The van der Waals surface area contributed by atoms with Crippen LogP contribution in [0.3, 0.4) is 0 Å². The van der Waals surface area contributed by atoms with Crippen molar-refractivity contribution in [3.63, 3.8) is 0 Å². The summed E-state index contributed by atoms with van der Waals surface area (Å²) < 4.78 is 27.2. The molecule has 1 aliphatic rings. The van der Waals surface area contributed by atoms with E-state index in [2.05, 4.69) is 26.3 Å². The molecule has 1 aromatic heterocycles. The number of aryl methyl sites for hydroxylation is 1. The minimum absolute atomic E-state index is 0.0509. The quantitative estimate of drug-likeness (QED) is 0.672. The van der Waals surface area contributed by atoms with E-state index in [9.17, 15) is 18.0 Å². The molecule has 2 heterocycles. The minimum Gasteiger partial charge on any atom is -0.349 e. The lowest BCUT2D eigenvalue weighted by Crippen LogP contribution is -2.47. The Bertz CT molecular complexity index is 997. The van der Waals surface area contributed by atoms with E-state index in [1.807, 2.05) is 6.07 Å². The molecular formula is C19H23BrN4O4S. The SMILES string of the molecule is Cn1cc(C(=O)NC2CCN(C(=O)CS(=O)(=O)Cc3cccc(Br)c3)CC2)cn1. The molecule has 29 heavy (non-hydrogen) atoms. The number of likely N-dealkylation sites (tertiary alicyclic amines) is 1. The average Bonchev–Trinajstić information content (AvgIpc) is 3.08. The number of amides is 2. The van der Waals surface area contributed by atoms with Crippen LogP contribution in [0.5, 0.6) is 0 Å². The number of sulfone groups is 1. The topological polar surface area (TPSA) is 101 Å². The van der Waals surface area contributed by atoms with Crippen LogP contribution in [0.25, 0.3) is 0 Å². The van der Waals surface area contributed by atoms with Crippen molar-refractivity contribution in [1.82, 2.24) is 20.0 Å². The van der Waals surface area contributed by atoms with Crippen LogP contribution >= 0.6 is 15.9 Å². The van der Waals surface area contributed by atoms with Gasteiger partial charge in [0.05, 0.1) is 17.5 Å². The second-order valence-electron chi connectivity index (χ2n) is 7.19. The number of nitrogens with zero attached hydrogens (tertiary/aromatic N) is 3. The first-order valence-corrected chi connectivity index (χ1v) is 11.9. The monoisotopic (exact) mass is 482 g/mol. The van der Waals surface area contributed by atoms with Crippen LogP contribution in [-0.2, 0) is 27.4 Å². The lowest BCUT2D eigenvalue weighted by Gasteiger charge is -2.32. The summed E-state index contributed by atoms with van der Waals surface area (Å²) in [5, 5.41) is 6.92. The van der Waals surface area contributed by atoms with Gasteiger partial charge in [0.25, 0.3) is 5.91 Å². The molecule has 1 fully saturated rings. The molecule has 0 spiro atoms. The van der Waals surface area contributed by atoms with Crippen molar-refractivity contribution in [1.29, 1.82) is 0 Å². The van der Waals surface area contributed by atoms with E-state index in [0.717, 1.165) is 4.47 Å².